The highest BCUT2D eigenvalue weighted by Crippen LogP contribution is 2.31. The lowest BCUT2D eigenvalue weighted by Gasteiger charge is -2.34. The predicted molar refractivity (Wildman–Crippen MR) is 127 cm³/mol. The molecule has 190 valence electrons. The molecular weight excluding hydrogens is 497 g/mol. The van der Waals surface area contributed by atoms with Crippen LogP contribution in [0.3, 0.4) is 0 Å². The maximum Gasteiger partial charge on any atom is 0.416 e. The first-order valence-corrected chi connectivity index (χ1v) is 12.4. The number of pyridine rings is 2. The number of alkyl halides is 3. The van der Waals surface area contributed by atoms with Crippen LogP contribution in [0.5, 0.6) is 0 Å². The molecule has 0 saturated carbocycles. The molecule has 2 aromatic heterocycles. The van der Waals surface area contributed by atoms with Crippen molar-refractivity contribution in [1.82, 2.24) is 19.6 Å². The van der Waals surface area contributed by atoms with E-state index in [1.54, 1.807) is 23.4 Å². The van der Waals surface area contributed by atoms with E-state index < -0.39 is 27.8 Å². The smallest absolute Gasteiger partial charge is 0.354 e. The fraction of sp³-hybridized carbons (Fsp3) is 0.261. The number of rotatable bonds is 6. The third-order valence-electron chi connectivity index (χ3n) is 5.56. The fourth-order valence-corrected chi connectivity index (χ4v) is 5.07. The number of hydrogen-bond donors (Lipinski definition) is 2. The number of anilines is 2. The number of sulfonamides is 1. The molecule has 0 aliphatic carbocycles. The van der Waals surface area contributed by atoms with E-state index in [4.69, 9.17) is 0 Å². The molecule has 0 atom stereocenters. The third kappa shape index (κ3) is 6.10. The molecule has 1 aliphatic rings. The molecule has 2 amide bonds. The van der Waals surface area contributed by atoms with Crippen LogP contribution >= 0.6 is 0 Å². The van der Waals surface area contributed by atoms with Crippen molar-refractivity contribution < 1.29 is 26.4 Å². The van der Waals surface area contributed by atoms with Crippen LogP contribution in [0.2, 0.25) is 0 Å². The van der Waals surface area contributed by atoms with Gasteiger partial charge in [-0.25, -0.2) is 18.2 Å². The van der Waals surface area contributed by atoms with Gasteiger partial charge in [0.2, 0.25) is 10.0 Å². The largest absolute Gasteiger partial charge is 0.416 e. The summed E-state index contributed by atoms with van der Waals surface area (Å²) in [5, 5.41) is 5.32. The molecule has 0 radical (unpaired) electrons. The molecule has 4 rings (SSSR count). The maximum atomic E-state index is 13.0. The van der Waals surface area contributed by atoms with Crippen LogP contribution in [0.4, 0.5) is 29.5 Å². The molecule has 1 saturated heterocycles. The van der Waals surface area contributed by atoms with Crippen LogP contribution < -0.4 is 15.5 Å². The zero-order valence-electron chi connectivity index (χ0n) is 18.9. The molecule has 1 aliphatic heterocycles. The topological polar surface area (TPSA) is 108 Å². The van der Waals surface area contributed by atoms with Gasteiger partial charge in [0.1, 0.15) is 5.82 Å². The molecule has 0 unspecified atom stereocenters. The van der Waals surface area contributed by atoms with Gasteiger partial charge in [0.25, 0.3) is 0 Å². The van der Waals surface area contributed by atoms with Crippen LogP contribution in [0.15, 0.2) is 72.0 Å². The molecule has 36 heavy (non-hydrogen) atoms. The summed E-state index contributed by atoms with van der Waals surface area (Å²) in [5.41, 5.74) is 0.443. The zero-order chi connectivity index (χ0) is 25.8. The zero-order valence-corrected chi connectivity index (χ0v) is 19.8. The lowest BCUT2D eigenvalue weighted by Crippen LogP contribution is -2.49. The highest BCUT2D eigenvalue weighted by Gasteiger charge is 2.33. The van der Waals surface area contributed by atoms with E-state index in [1.807, 2.05) is 6.07 Å². The summed E-state index contributed by atoms with van der Waals surface area (Å²) in [4.78, 5) is 21.7. The summed E-state index contributed by atoms with van der Waals surface area (Å²) in [5.74, 6) is 0.152. The minimum atomic E-state index is -4.48. The van der Waals surface area contributed by atoms with E-state index >= 15 is 0 Å². The van der Waals surface area contributed by atoms with Crippen molar-refractivity contribution in [3.05, 3.63) is 78.2 Å². The second kappa shape index (κ2) is 10.5. The van der Waals surface area contributed by atoms with Crippen LogP contribution in [0, 0.1) is 0 Å². The second-order valence-electron chi connectivity index (χ2n) is 7.98. The Labute approximate surface area is 206 Å². The van der Waals surface area contributed by atoms with Gasteiger partial charge in [-0.05, 0) is 48.0 Å². The minimum absolute atomic E-state index is 0.0504. The summed E-state index contributed by atoms with van der Waals surface area (Å²) in [6.07, 6.45) is -0.123. The summed E-state index contributed by atoms with van der Waals surface area (Å²) in [6, 6.07) is 10.8. The predicted octanol–water partition coefficient (Wildman–Crippen LogP) is 3.33. The van der Waals surface area contributed by atoms with Gasteiger partial charge in [-0.15, -0.1) is 0 Å². The average Bonchev–Trinajstić information content (AvgIpc) is 2.88. The van der Waals surface area contributed by atoms with Crippen molar-refractivity contribution in [3.8, 4) is 0 Å². The normalized spacial score (nSPS) is 14.9. The van der Waals surface area contributed by atoms with E-state index in [1.165, 1.54) is 28.6 Å². The average molecular weight is 521 g/mol. The Kier molecular flexibility index (Phi) is 7.40. The Morgan fingerprint density at radius 3 is 2.36 bits per heavy atom. The number of benzene rings is 1. The van der Waals surface area contributed by atoms with E-state index in [0.29, 0.717) is 5.69 Å². The first-order chi connectivity index (χ1) is 17.1. The Hall–Kier alpha value is -3.71. The monoisotopic (exact) mass is 520 g/mol. The third-order valence-corrected chi connectivity index (χ3v) is 7.47. The van der Waals surface area contributed by atoms with Gasteiger partial charge in [0.15, 0.2) is 0 Å². The maximum absolute atomic E-state index is 13.0. The Morgan fingerprint density at radius 2 is 1.72 bits per heavy atom. The van der Waals surface area contributed by atoms with Crippen molar-refractivity contribution in [3.63, 3.8) is 0 Å². The van der Waals surface area contributed by atoms with Crippen molar-refractivity contribution in [2.24, 2.45) is 0 Å². The number of urea groups is 1. The summed E-state index contributed by atoms with van der Waals surface area (Å²) in [6.45, 7) is 0.872. The first-order valence-electron chi connectivity index (χ1n) is 10.9. The number of piperazine rings is 1. The fourth-order valence-electron chi connectivity index (χ4n) is 3.64. The number of carbonyl (C=O) groups is 1. The molecule has 9 nitrogen and oxygen atoms in total. The van der Waals surface area contributed by atoms with Gasteiger partial charge in [0.05, 0.1) is 10.5 Å². The summed E-state index contributed by atoms with van der Waals surface area (Å²) < 4.78 is 66.3. The van der Waals surface area contributed by atoms with Gasteiger partial charge in [0, 0.05) is 57.0 Å². The van der Waals surface area contributed by atoms with Gasteiger partial charge < -0.3 is 15.5 Å². The first kappa shape index (κ1) is 25.4. The number of nitrogens with zero attached hydrogens (tertiary/aromatic N) is 4. The van der Waals surface area contributed by atoms with Crippen molar-refractivity contribution in [2.45, 2.75) is 17.6 Å². The van der Waals surface area contributed by atoms with Crippen molar-refractivity contribution in [1.29, 1.82) is 0 Å². The molecule has 1 aromatic carbocycles. The lowest BCUT2D eigenvalue weighted by molar-refractivity contribution is -0.137. The van der Waals surface area contributed by atoms with Gasteiger partial charge >= 0.3 is 12.2 Å². The number of nitrogens with one attached hydrogen (secondary N) is 2. The Balaban J connectivity index is 1.33. The van der Waals surface area contributed by atoms with Crippen molar-refractivity contribution >= 4 is 27.6 Å². The Morgan fingerprint density at radius 1 is 1.00 bits per heavy atom. The second-order valence-corrected chi connectivity index (χ2v) is 9.92. The lowest BCUT2D eigenvalue weighted by atomic mass is 10.2. The molecule has 13 heteroatoms. The van der Waals surface area contributed by atoms with E-state index in [9.17, 15) is 26.4 Å². The molecular formula is C23H23F3N6O3S. The number of carbonyl (C=O) groups excluding carboxylic acids is 1. The van der Waals surface area contributed by atoms with E-state index in [0.717, 1.165) is 23.9 Å². The standard InChI is InChI=1S/C23H23F3N6O3S/c24-23(25,26)18-7-9-28-21(14-18)31-10-12-32(13-11-31)36(34,35)20-5-3-19(4-6-20)30-22(33)29-16-17-2-1-8-27-15-17/h1-9,14-15H,10-13,16H2,(H2,29,30,33). The molecule has 3 heterocycles. The van der Waals surface area contributed by atoms with E-state index in [-0.39, 0.29) is 43.4 Å². The van der Waals surface area contributed by atoms with Crippen LogP contribution in [-0.4, -0.2) is 54.9 Å². The van der Waals surface area contributed by atoms with Gasteiger partial charge in [-0.3, -0.25) is 4.98 Å². The van der Waals surface area contributed by atoms with E-state index in [2.05, 4.69) is 20.6 Å². The number of aromatic nitrogens is 2. The molecule has 3 aromatic rings. The highest BCUT2D eigenvalue weighted by atomic mass is 32.2. The quantitative estimate of drug-likeness (QED) is 0.517. The van der Waals surface area contributed by atoms with Crippen LogP contribution in [0.1, 0.15) is 11.1 Å². The van der Waals surface area contributed by atoms with Crippen LogP contribution in [0.25, 0.3) is 0 Å². The highest BCUT2D eigenvalue weighted by molar-refractivity contribution is 7.89. The van der Waals surface area contributed by atoms with Crippen molar-refractivity contribution in [2.75, 3.05) is 36.4 Å². The number of halogens is 3. The SMILES string of the molecule is O=C(NCc1cccnc1)Nc1ccc(S(=O)(=O)N2CCN(c3cc(C(F)(F)F)ccn3)CC2)cc1. The number of amides is 2. The van der Waals surface area contributed by atoms with Gasteiger partial charge in [-0.2, -0.15) is 17.5 Å². The molecule has 0 bridgehead atoms. The molecule has 1 fully saturated rings. The van der Waals surface area contributed by atoms with Crippen LogP contribution in [-0.2, 0) is 22.7 Å². The summed E-state index contributed by atoms with van der Waals surface area (Å²) >= 11 is 0. The minimum Gasteiger partial charge on any atom is -0.354 e. The van der Waals surface area contributed by atoms with Gasteiger partial charge in [-0.1, -0.05) is 6.07 Å². The summed E-state index contributed by atoms with van der Waals surface area (Å²) in [7, 11) is -3.82. The Bertz CT molecular complexity index is 1300. The number of hydrogen-bond acceptors (Lipinski definition) is 6. The molecule has 2 N–H and O–H groups in total. The molecule has 0 spiro atoms.